The second-order valence-corrected chi connectivity index (χ2v) is 9.08. The van der Waals surface area contributed by atoms with Crippen LogP contribution >= 0.6 is 0 Å². The zero-order valence-corrected chi connectivity index (χ0v) is 19.4. The lowest BCUT2D eigenvalue weighted by molar-refractivity contribution is 0.0836. The predicted octanol–water partition coefficient (Wildman–Crippen LogP) is 5.46. The molecule has 178 valence electrons. The van der Waals surface area contributed by atoms with Crippen molar-refractivity contribution in [1.82, 2.24) is 29.5 Å². The molecule has 1 saturated heterocycles. The first-order chi connectivity index (χ1) is 16.5. The van der Waals surface area contributed by atoms with Gasteiger partial charge in [-0.25, -0.2) is 23.4 Å². The number of ether oxygens (including phenoxy) is 1. The number of hydrogen-bond acceptors (Lipinski definition) is 5. The van der Waals surface area contributed by atoms with Crippen LogP contribution in [0.2, 0.25) is 0 Å². The topological polar surface area (TPSA) is 70.7 Å². The Morgan fingerprint density at radius 3 is 2.47 bits per heavy atom. The van der Waals surface area contributed by atoms with Gasteiger partial charge in [0.2, 0.25) is 0 Å². The number of halogens is 2. The summed E-state index contributed by atoms with van der Waals surface area (Å²) in [4.78, 5) is 9.43. The van der Waals surface area contributed by atoms with Crippen molar-refractivity contribution in [3.8, 4) is 11.3 Å². The fourth-order valence-electron chi connectivity index (χ4n) is 4.18. The molecule has 0 atom stereocenters. The van der Waals surface area contributed by atoms with Gasteiger partial charge in [-0.15, -0.1) is 0 Å². The summed E-state index contributed by atoms with van der Waals surface area (Å²) in [5.74, 6) is -0.424. The van der Waals surface area contributed by atoms with E-state index in [9.17, 15) is 8.78 Å². The Balaban J connectivity index is 0.000000252. The highest BCUT2D eigenvalue weighted by Gasteiger charge is 2.24. The molecule has 1 aliphatic heterocycles. The SMILES string of the molecule is CC(C)n1ncc2c(-c3ccc(F)cc3F)nc(C3CCOCC3)nc21.c1cnn(C2CC2)c1. The van der Waals surface area contributed by atoms with Gasteiger partial charge < -0.3 is 4.74 Å². The maximum Gasteiger partial charge on any atom is 0.162 e. The van der Waals surface area contributed by atoms with Gasteiger partial charge in [0.05, 0.1) is 23.3 Å². The lowest BCUT2D eigenvalue weighted by Crippen LogP contribution is -2.17. The zero-order valence-electron chi connectivity index (χ0n) is 19.4. The van der Waals surface area contributed by atoms with E-state index >= 15 is 0 Å². The van der Waals surface area contributed by atoms with Gasteiger partial charge in [0, 0.05) is 49.2 Å². The first-order valence-electron chi connectivity index (χ1n) is 11.8. The molecule has 1 aliphatic carbocycles. The Bertz CT molecular complexity index is 1260. The number of nitrogens with zero attached hydrogens (tertiary/aromatic N) is 6. The van der Waals surface area contributed by atoms with Crippen molar-refractivity contribution in [3.05, 3.63) is 60.3 Å². The maximum atomic E-state index is 14.5. The molecule has 0 N–H and O–H groups in total. The first kappa shape index (κ1) is 22.6. The largest absolute Gasteiger partial charge is 0.381 e. The summed E-state index contributed by atoms with van der Waals surface area (Å²) in [7, 11) is 0. The van der Waals surface area contributed by atoms with E-state index in [4.69, 9.17) is 9.72 Å². The molecule has 0 bridgehead atoms. The molecule has 0 unspecified atom stereocenters. The molecule has 1 aromatic carbocycles. The molecule has 4 heterocycles. The van der Waals surface area contributed by atoms with E-state index in [0.29, 0.717) is 35.8 Å². The highest BCUT2D eigenvalue weighted by atomic mass is 19.1. The number of rotatable bonds is 4. The predicted molar refractivity (Wildman–Crippen MR) is 124 cm³/mol. The van der Waals surface area contributed by atoms with E-state index in [1.54, 1.807) is 6.20 Å². The van der Waals surface area contributed by atoms with Crippen LogP contribution in [-0.4, -0.2) is 42.7 Å². The van der Waals surface area contributed by atoms with E-state index in [-0.39, 0.29) is 17.5 Å². The minimum atomic E-state index is -0.639. The molecule has 2 fully saturated rings. The van der Waals surface area contributed by atoms with Gasteiger partial charge in [-0.05, 0) is 57.7 Å². The Morgan fingerprint density at radius 2 is 1.82 bits per heavy atom. The van der Waals surface area contributed by atoms with Crippen LogP contribution in [0.1, 0.15) is 63.4 Å². The van der Waals surface area contributed by atoms with Crippen LogP contribution < -0.4 is 0 Å². The lowest BCUT2D eigenvalue weighted by Gasteiger charge is -2.21. The first-order valence-corrected chi connectivity index (χ1v) is 11.8. The molecule has 4 aromatic rings. The van der Waals surface area contributed by atoms with Gasteiger partial charge in [0.15, 0.2) is 5.65 Å². The molecule has 0 spiro atoms. The highest BCUT2D eigenvalue weighted by molar-refractivity contribution is 5.90. The van der Waals surface area contributed by atoms with Crippen molar-refractivity contribution in [2.24, 2.45) is 0 Å². The van der Waals surface area contributed by atoms with E-state index in [0.717, 1.165) is 24.9 Å². The molecule has 0 amide bonds. The Morgan fingerprint density at radius 1 is 1.03 bits per heavy atom. The van der Waals surface area contributed by atoms with Crippen molar-refractivity contribution in [3.63, 3.8) is 0 Å². The summed E-state index contributed by atoms with van der Waals surface area (Å²) in [6.45, 7) is 5.35. The zero-order chi connectivity index (χ0) is 23.7. The van der Waals surface area contributed by atoms with Gasteiger partial charge >= 0.3 is 0 Å². The fourth-order valence-corrected chi connectivity index (χ4v) is 4.18. The monoisotopic (exact) mass is 466 g/mol. The highest BCUT2D eigenvalue weighted by Crippen LogP contribution is 2.34. The van der Waals surface area contributed by atoms with Gasteiger partial charge in [-0.3, -0.25) is 4.68 Å². The fraction of sp³-hybridized carbons (Fsp3) is 0.440. The molecule has 9 heteroatoms. The van der Waals surface area contributed by atoms with Crippen molar-refractivity contribution in [1.29, 1.82) is 0 Å². The van der Waals surface area contributed by atoms with Crippen LogP contribution in [-0.2, 0) is 4.74 Å². The molecule has 2 aliphatic rings. The number of benzene rings is 1. The van der Waals surface area contributed by atoms with Crippen molar-refractivity contribution in [2.45, 2.75) is 57.5 Å². The smallest absolute Gasteiger partial charge is 0.162 e. The van der Waals surface area contributed by atoms with Crippen LogP contribution in [0.15, 0.2) is 42.9 Å². The molecule has 7 nitrogen and oxygen atoms in total. The molecule has 6 rings (SSSR count). The summed E-state index contributed by atoms with van der Waals surface area (Å²) in [5.41, 5.74) is 1.39. The number of hydrogen-bond donors (Lipinski definition) is 0. The van der Waals surface area contributed by atoms with Crippen LogP contribution in [0.4, 0.5) is 8.78 Å². The summed E-state index contributed by atoms with van der Waals surface area (Å²) in [5, 5.41) is 9.17. The van der Waals surface area contributed by atoms with E-state index in [2.05, 4.69) is 15.2 Å². The van der Waals surface area contributed by atoms with Gasteiger partial charge in [0.1, 0.15) is 17.5 Å². The quantitative estimate of drug-likeness (QED) is 0.399. The second-order valence-electron chi connectivity index (χ2n) is 9.08. The third-order valence-electron chi connectivity index (χ3n) is 6.18. The van der Waals surface area contributed by atoms with E-state index in [1.807, 2.05) is 41.7 Å². The van der Waals surface area contributed by atoms with E-state index < -0.39 is 11.6 Å². The maximum absolute atomic E-state index is 14.5. The summed E-state index contributed by atoms with van der Waals surface area (Å²) in [6, 6.07) is 6.36. The third-order valence-corrected chi connectivity index (χ3v) is 6.18. The third kappa shape index (κ3) is 4.70. The van der Waals surface area contributed by atoms with Gasteiger partial charge in [-0.1, -0.05) is 0 Å². The van der Waals surface area contributed by atoms with Crippen LogP contribution in [0.3, 0.4) is 0 Å². The molecular weight excluding hydrogens is 438 g/mol. The van der Waals surface area contributed by atoms with Crippen LogP contribution in [0, 0.1) is 11.6 Å². The average Bonchev–Trinajstić information content (AvgIpc) is 3.36. The second kappa shape index (κ2) is 9.58. The summed E-state index contributed by atoms with van der Waals surface area (Å²) >= 11 is 0. The summed E-state index contributed by atoms with van der Waals surface area (Å²) < 4.78 is 37.1. The van der Waals surface area contributed by atoms with Crippen molar-refractivity contribution in [2.75, 3.05) is 13.2 Å². The Hall–Kier alpha value is -3.20. The number of aromatic nitrogens is 6. The van der Waals surface area contributed by atoms with Crippen molar-refractivity contribution < 1.29 is 13.5 Å². The normalized spacial score (nSPS) is 16.6. The van der Waals surface area contributed by atoms with E-state index in [1.165, 1.54) is 25.0 Å². The average molecular weight is 467 g/mol. The van der Waals surface area contributed by atoms with Crippen LogP contribution in [0.25, 0.3) is 22.3 Å². The Kier molecular flexibility index (Phi) is 6.36. The molecule has 0 radical (unpaired) electrons. The van der Waals surface area contributed by atoms with Gasteiger partial charge in [0.25, 0.3) is 0 Å². The van der Waals surface area contributed by atoms with Crippen molar-refractivity contribution >= 4 is 11.0 Å². The minimum absolute atomic E-state index is 0.107. The molecular formula is C25H28F2N6O. The number of fused-ring (bicyclic) bond motifs is 1. The lowest BCUT2D eigenvalue weighted by atomic mass is 9.98. The molecule has 3 aromatic heterocycles. The molecule has 1 saturated carbocycles. The van der Waals surface area contributed by atoms with Crippen LogP contribution in [0.5, 0.6) is 0 Å². The summed E-state index contributed by atoms with van der Waals surface area (Å²) in [6.07, 6.45) is 9.81. The Labute approximate surface area is 196 Å². The molecule has 34 heavy (non-hydrogen) atoms. The van der Waals surface area contributed by atoms with Gasteiger partial charge in [-0.2, -0.15) is 10.2 Å². The minimum Gasteiger partial charge on any atom is -0.381 e. The standard InChI is InChI=1S/C19H20F2N4O.C6H8N2/c1-11(2)25-19-15(10-22-25)17(14-4-3-13(20)9-16(14)21)23-18(24-19)12-5-7-26-8-6-12;1-4-7-8(5-1)6-2-3-6/h3-4,9-12H,5-8H2,1-2H3;1,4-6H,2-3H2.